The van der Waals surface area contributed by atoms with Gasteiger partial charge < -0.3 is 19.7 Å². The van der Waals surface area contributed by atoms with Crippen molar-refractivity contribution in [3.05, 3.63) is 0 Å². The van der Waals surface area contributed by atoms with E-state index in [1.165, 1.54) is 7.11 Å². The second-order valence-corrected chi connectivity index (χ2v) is 6.67. The van der Waals surface area contributed by atoms with Gasteiger partial charge in [-0.05, 0) is 40.2 Å². The molecule has 0 radical (unpaired) electrons. The van der Waals surface area contributed by atoms with Gasteiger partial charge in [0.15, 0.2) is 0 Å². The molecule has 2 rings (SSSR count). The Morgan fingerprint density at radius 2 is 2.00 bits per heavy atom. The summed E-state index contributed by atoms with van der Waals surface area (Å²) in [4.78, 5) is 25.7. The average molecular weight is 284 g/mol. The molecule has 0 aromatic rings. The number of likely N-dealkylation sites (tertiary alicyclic amines) is 1. The number of esters is 1. The van der Waals surface area contributed by atoms with Crippen molar-refractivity contribution in [1.29, 1.82) is 0 Å². The van der Waals surface area contributed by atoms with Crippen LogP contribution in [0.25, 0.3) is 0 Å². The Kier molecular flexibility index (Phi) is 3.95. The maximum Gasteiger partial charge on any atom is 0.410 e. The lowest BCUT2D eigenvalue weighted by atomic mass is 9.79. The highest BCUT2D eigenvalue weighted by Crippen LogP contribution is 2.41. The first-order chi connectivity index (χ1) is 9.27. The van der Waals surface area contributed by atoms with Crippen molar-refractivity contribution in [1.82, 2.24) is 10.2 Å². The van der Waals surface area contributed by atoms with Crippen LogP contribution in [0.15, 0.2) is 0 Å². The lowest BCUT2D eigenvalue weighted by molar-refractivity contribution is -0.145. The quantitative estimate of drug-likeness (QED) is 0.732. The summed E-state index contributed by atoms with van der Waals surface area (Å²) in [6, 6.07) is -0.320. The molecule has 0 aromatic carbocycles. The minimum absolute atomic E-state index is 0.204. The molecule has 0 aromatic heterocycles. The van der Waals surface area contributed by atoms with E-state index in [1.807, 2.05) is 20.8 Å². The lowest BCUT2D eigenvalue weighted by Crippen LogP contribution is -2.46. The van der Waals surface area contributed by atoms with Gasteiger partial charge in [0.25, 0.3) is 0 Å². The molecule has 2 heterocycles. The normalized spacial score (nSPS) is 29.8. The maximum atomic E-state index is 12.1. The number of hydrogen-bond acceptors (Lipinski definition) is 5. The highest BCUT2D eigenvalue weighted by atomic mass is 16.6. The molecule has 2 fully saturated rings. The molecule has 2 saturated heterocycles. The van der Waals surface area contributed by atoms with E-state index < -0.39 is 5.60 Å². The molecule has 6 heteroatoms. The number of amides is 1. The maximum absolute atomic E-state index is 12.1. The molecule has 114 valence electrons. The van der Waals surface area contributed by atoms with E-state index in [2.05, 4.69) is 5.32 Å². The Morgan fingerprint density at radius 1 is 1.30 bits per heavy atom. The van der Waals surface area contributed by atoms with E-state index >= 15 is 0 Å². The van der Waals surface area contributed by atoms with Gasteiger partial charge >= 0.3 is 12.1 Å². The number of nitrogens with zero attached hydrogens (tertiary/aromatic N) is 1. The molecular weight excluding hydrogens is 260 g/mol. The fraction of sp³-hybridized carbons (Fsp3) is 0.857. The fourth-order valence-corrected chi connectivity index (χ4v) is 3.10. The van der Waals surface area contributed by atoms with Crippen LogP contribution in [-0.2, 0) is 14.3 Å². The summed E-state index contributed by atoms with van der Waals surface area (Å²) in [5.41, 5.74) is -0.702. The van der Waals surface area contributed by atoms with Gasteiger partial charge in [0.05, 0.1) is 7.11 Å². The first kappa shape index (κ1) is 15.1. The molecule has 1 spiro atoms. The number of ether oxygens (including phenoxy) is 2. The third kappa shape index (κ3) is 2.90. The molecule has 2 aliphatic heterocycles. The summed E-state index contributed by atoms with van der Waals surface area (Å²) < 4.78 is 10.3. The summed E-state index contributed by atoms with van der Waals surface area (Å²) in [5.74, 6) is -0.242. The van der Waals surface area contributed by atoms with Crippen molar-refractivity contribution in [2.45, 2.75) is 45.3 Å². The van der Waals surface area contributed by atoms with E-state index in [0.29, 0.717) is 13.1 Å². The van der Waals surface area contributed by atoms with Crippen LogP contribution >= 0.6 is 0 Å². The van der Waals surface area contributed by atoms with Crippen LogP contribution in [0.2, 0.25) is 0 Å². The minimum atomic E-state index is -0.498. The van der Waals surface area contributed by atoms with Gasteiger partial charge in [0, 0.05) is 18.5 Å². The fourth-order valence-electron chi connectivity index (χ4n) is 3.10. The van der Waals surface area contributed by atoms with E-state index in [-0.39, 0.29) is 23.5 Å². The van der Waals surface area contributed by atoms with Crippen molar-refractivity contribution in [3.8, 4) is 0 Å². The van der Waals surface area contributed by atoms with E-state index in [0.717, 1.165) is 19.4 Å². The van der Waals surface area contributed by atoms with Crippen LogP contribution in [0.5, 0.6) is 0 Å². The number of carbonyl (C=O) groups excluding carboxylic acids is 2. The molecule has 2 atom stereocenters. The standard InChI is InChI=1S/C14H24N2O4/c1-13(2,3)20-12(18)16-8-6-14(9-16)5-7-15-10(14)11(17)19-4/h10,15H,5-9H2,1-4H3. The molecule has 6 nitrogen and oxygen atoms in total. The van der Waals surface area contributed by atoms with Crippen LogP contribution in [0.3, 0.4) is 0 Å². The van der Waals surface area contributed by atoms with Crippen molar-refractivity contribution < 1.29 is 19.1 Å². The lowest BCUT2D eigenvalue weighted by Gasteiger charge is -2.29. The smallest absolute Gasteiger partial charge is 0.410 e. The van der Waals surface area contributed by atoms with Crippen LogP contribution < -0.4 is 5.32 Å². The predicted molar refractivity (Wildman–Crippen MR) is 73.3 cm³/mol. The zero-order chi connectivity index (χ0) is 15.0. The SMILES string of the molecule is COC(=O)C1NCCC12CCN(C(=O)OC(C)(C)C)C2. The Balaban J connectivity index is 2.04. The van der Waals surface area contributed by atoms with Crippen molar-refractivity contribution in [3.63, 3.8) is 0 Å². The van der Waals surface area contributed by atoms with Gasteiger partial charge in [-0.25, -0.2) is 4.79 Å². The number of rotatable bonds is 1. The Labute approximate surface area is 119 Å². The van der Waals surface area contributed by atoms with Crippen LogP contribution in [0.1, 0.15) is 33.6 Å². The molecule has 0 aliphatic carbocycles. The van der Waals surface area contributed by atoms with Gasteiger partial charge in [0.2, 0.25) is 0 Å². The summed E-state index contributed by atoms with van der Waals surface area (Å²) in [6.07, 6.45) is 1.38. The predicted octanol–water partition coefficient (Wildman–Crippen LogP) is 1.15. The number of hydrogen-bond donors (Lipinski definition) is 1. The first-order valence-electron chi connectivity index (χ1n) is 7.07. The largest absolute Gasteiger partial charge is 0.468 e. The third-order valence-corrected chi connectivity index (χ3v) is 4.06. The van der Waals surface area contributed by atoms with Crippen LogP contribution in [0, 0.1) is 5.41 Å². The van der Waals surface area contributed by atoms with Crippen molar-refractivity contribution in [2.75, 3.05) is 26.7 Å². The average Bonchev–Trinajstić information content (AvgIpc) is 2.95. The Bertz CT molecular complexity index is 404. The first-order valence-corrected chi connectivity index (χ1v) is 7.07. The molecule has 20 heavy (non-hydrogen) atoms. The van der Waals surface area contributed by atoms with Gasteiger partial charge in [0.1, 0.15) is 11.6 Å². The Morgan fingerprint density at radius 3 is 2.60 bits per heavy atom. The second-order valence-electron chi connectivity index (χ2n) is 6.67. The summed E-state index contributed by atoms with van der Waals surface area (Å²) in [6.45, 7) is 7.52. The zero-order valence-electron chi connectivity index (χ0n) is 12.7. The number of nitrogens with one attached hydrogen (secondary N) is 1. The summed E-state index contributed by atoms with van der Waals surface area (Å²) in [7, 11) is 1.40. The zero-order valence-corrected chi connectivity index (χ0v) is 12.7. The topological polar surface area (TPSA) is 67.9 Å². The highest BCUT2D eigenvalue weighted by molar-refractivity contribution is 5.78. The van der Waals surface area contributed by atoms with Crippen LogP contribution in [0.4, 0.5) is 4.79 Å². The molecule has 0 saturated carbocycles. The van der Waals surface area contributed by atoms with Gasteiger partial charge in [-0.1, -0.05) is 0 Å². The summed E-state index contributed by atoms with van der Waals surface area (Å²) >= 11 is 0. The monoisotopic (exact) mass is 284 g/mol. The van der Waals surface area contributed by atoms with Crippen LogP contribution in [-0.4, -0.2) is 55.3 Å². The van der Waals surface area contributed by atoms with E-state index in [1.54, 1.807) is 4.90 Å². The molecule has 1 N–H and O–H groups in total. The van der Waals surface area contributed by atoms with Gasteiger partial charge in [-0.2, -0.15) is 0 Å². The molecular formula is C14H24N2O4. The van der Waals surface area contributed by atoms with E-state index in [9.17, 15) is 9.59 Å². The second kappa shape index (κ2) is 5.24. The van der Waals surface area contributed by atoms with Crippen molar-refractivity contribution in [2.24, 2.45) is 5.41 Å². The Hall–Kier alpha value is -1.30. The third-order valence-electron chi connectivity index (χ3n) is 4.06. The van der Waals surface area contributed by atoms with E-state index in [4.69, 9.17) is 9.47 Å². The number of carbonyl (C=O) groups is 2. The minimum Gasteiger partial charge on any atom is -0.468 e. The molecule has 2 aliphatic rings. The van der Waals surface area contributed by atoms with Gasteiger partial charge in [-0.3, -0.25) is 4.79 Å². The van der Waals surface area contributed by atoms with Gasteiger partial charge in [-0.15, -0.1) is 0 Å². The summed E-state index contributed by atoms with van der Waals surface area (Å²) in [5, 5.41) is 3.19. The molecule has 2 unspecified atom stereocenters. The molecule has 0 bridgehead atoms. The molecule has 1 amide bonds. The van der Waals surface area contributed by atoms with Crippen molar-refractivity contribution >= 4 is 12.1 Å². The highest BCUT2D eigenvalue weighted by Gasteiger charge is 2.52. The number of methoxy groups -OCH3 is 1.